The number of nitrogens with zero attached hydrogens (tertiary/aromatic N) is 1. The smallest absolute Gasteiger partial charge is 0.0435 e. The lowest BCUT2D eigenvalue weighted by molar-refractivity contribution is 0.760. The van der Waals surface area contributed by atoms with Gasteiger partial charge in [0, 0.05) is 11.9 Å². The van der Waals surface area contributed by atoms with Gasteiger partial charge in [0.25, 0.3) is 0 Å². The fourth-order valence-corrected chi connectivity index (χ4v) is 0.740. The zero-order valence-corrected chi connectivity index (χ0v) is 6.33. The Balaban J connectivity index is 2.81. The highest BCUT2D eigenvalue weighted by molar-refractivity contribution is 5.72. The molecule has 10 heavy (non-hydrogen) atoms. The minimum atomic E-state index is 0.501. The fourth-order valence-electron chi connectivity index (χ4n) is 0.740. The molecule has 0 aromatic rings. The lowest BCUT2D eigenvalue weighted by Crippen LogP contribution is -1.89. The van der Waals surface area contributed by atoms with Crippen LogP contribution in [-0.4, -0.2) is 6.21 Å². The van der Waals surface area contributed by atoms with Crippen molar-refractivity contribution >= 4 is 6.21 Å². The third-order valence-electron chi connectivity index (χ3n) is 1.34. The van der Waals surface area contributed by atoms with Crippen molar-refractivity contribution in [3.8, 4) is 0 Å². The average Bonchev–Trinajstić information content (AvgIpc) is 2.12. The number of aliphatic imine (C=N–C) groups is 1. The van der Waals surface area contributed by atoms with E-state index in [1.165, 1.54) is 0 Å². The van der Waals surface area contributed by atoms with Gasteiger partial charge >= 0.3 is 0 Å². The summed E-state index contributed by atoms with van der Waals surface area (Å²) in [6, 6.07) is 0. The van der Waals surface area contributed by atoms with Crippen molar-refractivity contribution in [3.63, 3.8) is 0 Å². The summed E-state index contributed by atoms with van der Waals surface area (Å²) in [4.78, 5) is 4.21. The molecular weight excluding hydrogens is 122 g/mol. The number of rotatable bonds is 1. The second-order valence-electron chi connectivity index (χ2n) is 2.52. The van der Waals surface area contributed by atoms with Gasteiger partial charge in [-0.15, -0.1) is 5.73 Å². The van der Waals surface area contributed by atoms with E-state index in [9.17, 15) is 0 Å². The molecule has 0 amide bonds. The van der Waals surface area contributed by atoms with Crippen molar-refractivity contribution in [3.05, 3.63) is 29.7 Å². The van der Waals surface area contributed by atoms with Crippen molar-refractivity contribution in [2.75, 3.05) is 0 Å². The Morgan fingerprint density at radius 2 is 2.20 bits per heavy atom. The Morgan fingerprint density at radius 3 is 2.90 bits per heavy atom. The molecule has 0 radical (unpaired) electrons. The maximum Gasteiger partial charge on any atom is 0.0435 e. The van der Waals surface area contributed by atoms with Crippen LogP contribution in [-0.2, 0) is 0 Å². The van der Waals surface area contributed by atoms with Gasteiger partial charge in [0.2, 0.25) is 0 Å². The Labute approximate surface area is 61.5 Å². The second kappa shape index (κ2) is 3.19. The zero-order chi connectivity index (χ0) is 7.40. The van der Waals surface area contributed by atoms with Crippen LogP contribution < -0.4 is 0 Å². The van der Waals surface area contributed by atoms with Crippen LogP contribution in [0.25, 0.3) is 0 Å². The molecule has 0 spiro atoms. The highest BCUT2D eigenvalue weighted by Crippen LogP contribution is 2.10. The van der Waals surface area contributed by atoms with E-state index in [4.69, 9.17) is 0 Å². The van der Waals surface area contributed by atoms with E-state index in [1.807, 2.05) is 18.2 Å². The molecule has 0 N–H and O–H groups in total. The molecule has 0 bridgehead atoms. The highest BCUT2D eigenvalue weighted by atomic mass is 14.7. The molecule has 0 aromatic carbocycles. The van der Waals surface area contributed by atoms with Crippen LogP contribution in [0, 0.1) is 5.92 Å². The Kier molecular flexibility index (Phi) is 2.24. The van der Waals surface area contributed by atoms with Crippen molar-refractivity contribution < 1.29 is 0 Å². The first-order valence-electron chi connectivity index (χ1n) is 3.46. The summed E-state index contributed by atoms with van der Waals surface area (Å²) in [6.45, 7) is 4.25. The normalized spacial score (nSPS) is 15.7. The lowest BCUT2D eigenvalue weighted by Gasteiger charge is -2.01. The maximum atomic E-state index is 4.21. The van der Waals surface area contributed by atoms with E-state index >= 15 is 0 Å². The molecule has 0 atom stereocenters. The van der Waals surface area contributed by atoms with E-state index < -0.39 is 0 Å². The molecule has 0 aromatic heterocycles. The van der Waals surface area contributed by atoms with E-state index in [0.717, 1.165) is 5.70 Å². The summed E-state index contributed by atoms with van der Waals surface area (Å²) >= 11 is 0. The van der Waals surface area contributed by atoms with Gasteiger partial charge in [0.05, 0.1) is 0 Å². The minimum Gasteiger partial charge on any atom is -0.260 e. The molecule has 0 saturated carbocycles. The van der Waals surface area contributed by atoms with Gasteiger partial charge in [-0.2, -0.15) is 0 Å². The Morgan fingerprint density at radius 1 is 1.40 bits per heavy atom. The van der Waals surface area contributed by atoms with Crippen molar-refractivity contribution in [2.45, 2.75) is 13.8 Å². The second-order valence-corrected chi connectivity index (χ2v) is 2.52. The molecule has 0 saturated heterocycles. The predicted molar refractivity (Wildman–Crippen MR) is 44.1 cm³/mol. The first kappa shape index (κ1) is 7.04. The molecule has 1 nitrogen and oxygen atoms in total. The van der Waals surface area contributed by atoms with E-state index in [-0.39, 0.29) is 0 Å². The third kappa shape index (κ3) is 1.71. The van der Waals surface area contributed by atoms with Crippen LogP contribution >= 0.6 is 0 Å². The van der Waals surface area contributed by atoms with Gasteiger partial charge in [-0.3, -0.25) is 4.99 Å². The largest absolute Gasteiger partial charge is 0.260 e. The third-order valence-corrected chi connectivity index (χ3v) is 1.34. The molecule has 0 aliphatic carbocycles. The molecule has 1 heteroatoms. The summed E-state index contributed by atoms with van der Waals surface area (Å²) in [6.07, 6.45) is 7.47. The Hall–Kier alpha value is -1.07. The minimum absolute atomic E-state index is 0.501. The number of hydrogen-bond acceptors (Lipinski definition) is 1. The van der Waals surface area contributed by atoms with Crippen molar-refractivity contribution in [2.24, 2.45) is 10.9 Å². The molecule has 0 fully saturated rings. The fraction of sp³-hybridized carbons (Fsp3) is 0.333. The van der Waals surface area contributed by atoms with Gasteiger partial charge in [-0.25, -0.2) is 0 Å². The summed E-state index contributed by atoms with van der Waals surface area (Å²) in [5.74, 6) is 0.501. The summed E-state index contributed by atoms with van der Waals surface area (Å²) < 4.78 is 0. The molecule has 1 aliphatic rings. The molecule has 1 aliphatic heterocycles. The van der Waals surface area contributed by atoms with E-state index in [0.29, 0.717) is 5.92 Å². The van der Waals surface area contributed by atoms with Crippen molar-refractivity contribution in [1.29, 1.82) is 0 Å². The SMILES string of the molecule is CC(C)C1=CC=C=CC=N1. The molecule has 52 valence electrons. The number of allylic oxidation sites excluding steroid dienone is 3. The van der Waals surface area contributed by atoms with Crippen LogP contribution in [0.1, 0.15) is 13.8 Å². The van der Waals surface area contributed by atoms with Crippen LogP contribution in [0.2, 0.25) is 0 Å². The Bertz CT molecular complexity index is 225. The van der Waals surface area contributed by atoms with Gasteiger partial charge in [-0.1, -0.05) is 13.8 Å². The zero-order valence-electron chi connectivity index (χ0n) is 6.33. The first-order chi connectivity index (χ1) is 4.80. The number of hydrogen-bond donors (Lipinski definition) is 0. The van der Waals surface area contributed by atoms with Crippen LogP contribution in [0.3, 0.4) is 0 Å². The summed E-state index contributed by atoms with van der Waals surface area (Å²) in [7, 11) is 0. The van der Waals surface area contributed by atoms with E-state index in [2.05, 4.69) is 24.6 Å². The van der Waals surface area contributed by atoms with Crippen LogP contribution in [0.5, 0.6) is 0 Å². The van der Waals surface area contributed by atoms with Gasteiger partial charge < -0.3 is 0 Å². The van der Waals surface area contributed by atoms with E-state index in [1.54, 1.807) is 6.21 Å². The van der Waals surface area contributed by atoms with Crippen LogP contribution in [0.4, 0.5) is 0 Å². The predicted octanol–water partition coefficient (Wildman–Crippen LogP) is 2.32. The summed E-state index contributed by atoms with van der Waals surface area (Å²) in [5, 5.41) is 0. The van der Waals surface area contributed by atoms with Crippen molar-refractivity contribution in [1.82, 2.24) is 0 Å². The standard InChI is InChI=1S/C9H11N/c1-8(2)9-6-4-3-5-7-10-9/h4-8H,1-2H3. The molecular formula is C9H11N. The average molecular weight is 133 g/mol. The van der Waals surface area contributed by atoms with Gasteiger partial charge in [-0.05, 0) is 24.1 Å². The first-order valence-corrected chi connectivity index (χ1v) is 3.46. The van der Waals surface area contributed by atoms with Crippen LogP contribution in [0.15, 0.2) is 34.6 Å². The highest BCUT2D eigenvalue weighted by Gasteiger charge is 1.97. The quantitative estimate of drug-likeness (QED) is 0.487. The monoisotopic (exact) mass is 133 g/mol. The molecule has 1 heterocycles. The van der Waals surface area contributed by atoms with Gasteiger partial charge in [0.1, 0.15) is 0 Å². The van der Waals surface area contributed by atoms with Gasteiger partial charge in [0.15, 0.2) is 0 Å². The summed E-state index contributed by atoms with van der Waals surface area (Å²) in [5.41, 5.74) is 4.07. The molecule has 0 unspecified atom stereocenters. The molecule has 1 rings (SSSR count). The maximum absolute atomic E-state index is 4.21. The lowest BCUT2D eigenvalue weighted by atomic mass is 10.1. The topological polar surface area (TPSA) is 12.4 Å².